The summed E-state index contributed by atoms with van der Waals surface area (Å²) >= 11 is 12.0. The third-order valence-corrected chi connectivity index (χ3v) is 3.28. The van der Waals surface area contributed by atoms with Crippen molar-refractivity contribution in [1.82, 2.24) is 0 Å². The van der Waals surface area contributed by atoms with E-state index in [0.717, 1.165) is 16.5 Å². The Balaban J connectivity index is 2.26. The predicted molar refractivity (Wildman–Crippen MR) is 64.7 cm³/mol. The van der Waals surface area contributed by atoms with Crippen LogP contribution in [0.5, 0.6) is 0 Å². The van der Waals surface area contributed by atoms with Gasteiger partial charge in [0.15, 0.2) is 0 Å². The van der Waals surface area contributed by atoms with E-state index in [1.807, 2.05) is 24.3 Å². The Labute approximate surface area is 98.5 Å². The van der Waals surface area contributed by atoms with Crippen LogP contribution in [0.3, 0.4) is 0 Å². The molecule has 0 nitrogen and oxygen atoms in total. The van der Waals surface area contributed by atoms with Gasteiger partial charge in [0.1, 0.15) is 0 Å². The molecule has 0 N–H and O–H groups in total. The first-order valence-corrected chi connectivity index (χ1v) is 5.57. The number of rotatable bonds is 0. The van der Waals surface area contributed by atoms with E-state index in [4.69, 9.17) is 23.2 Å². The average Bonchev–Trinajstić information content (AvgIpc) is 2.54. The molecule has 1 aliphatic carbocycles. The zero-order chi connectivity index (χ0) is 10.4. The van der Waals surface area contributed by atoms with Gasteiger partial charge >= 0.3 is 0 Å². The Morgan fingerprint density at radius 2 is 1.47 bits per heavy atom. The molecule has 0 atom stereocenters. The summed E-state index contributed by atoms with van der Waals surface area (Å²) in [6.07, 6.45) is 0.961. The molecular weight excluding hydrogens is 227 g/mol. The summed E-state index contributed by atoms with van der Waals surface area (Å²) in [6, 6.07) is 12.1. The van der Waals surface area contributed by atoms with Gasteiger partial charge in [-0.2, -0.15) is 0 Å². The van der Waals surface area contributed by atoms with Gasteiger partial charge < -0.3 is 0 Å². The van der Waals surface area contributed by atoms with Crippen LogP contribution in [-0.2, 0) is 6.42 Å². The fourth-order valence-corrected chi connectivity index (χ4v) is 2.50. The van der Waals surface area contributed by atoms with Crippen molar-refractivity contribution in [3.8, 4) is 11.1 Å². The van der Waals surface area contributed by atoms with Crippen LogP contribution in [0.15, 0.2) is 36.4 Å². The van der Waals surface area contributed by atoms with Crippen molar-refractivity contribution in [3.63, 3.8) is 0 Å². The molecule has 3 rings (SSSR count). The maximum atomic E-state index is 6.00. The second-order valence-electron chi connectivity index (χ2n) is 3.78. The zero-order valence-corrected chi connectivity index (χ0v) is 9.44. The summed E-state index contributed by atoms with van der Waals surface area (Å²) in [5.74, 6) is 0. The maximum absolute atomic E-state index is 6.00. The Morgan fingerprint density at radius 3 is 2.33 bits per heavy atom. The summed E-state index contributed by atoms with van der Waals surface area (Å²) < 4.78 is 0. The molecular formula is C13H8Cl2. The lowest BCUT2D eigenvalue weighted by Crippen LogP contribution is -1.78. The molecule has 0 spiro atoms. The van der Waals surface area contributed by atoms with Gasteiger partial charge in [-0.15, -0.1) is 0 Å². The topological polar surface area (TPSA) is 0 Å². The summed E-state index contributed by atoms with van der Waals surface area (Å²) in [5.41, 5.74) is 5.13. The molecule has 0 radical (unpaired) electrons. The van der Waals surface area contributed by atoms with Crippen LogP contribution in [0, 0.1) is 0 Å². The van der Waals surface area contributed by atoms with Crippen LogP contribution in [0.4, 0.5) is 0 Å². The lowest BCUT2D eigenvalue weighted by molar-refractivity contribution is 1.26. The van der Waals surface area contributed by atoms with Crippen molar-refractivity contribution in [2.75, 3.05) is 0 Å². The number of fused-ring (bicyclic) bond motifs is 3. The minimum absolute atomic E-state index is 0.788. The van der Waals surface area contributed by atoms with Gasteiger partial charge in [-0.1, -0.05) is 35.3 Å². The Kier molecular flexibility index (Phi) is 2.01. The van der Waals surface area contributed by atoms with Gasteiger partial charge in [-0.3, -0.25) is 0 Å². The molecule has 2 aromatic rings. The van der Waals surface area contributed by atoms with Crippen LogP contribution in [0.1, 0.15) is 11.1 Å². The van der Waals surface area contributed by atoms with E-state index in [1.54, 1.807) is 0 Å². The number of halogens is 2. The predicted octanol–water partition coefficient (Wildman–Crippen LogP) is 4.56. The average molecular weight is 235 g/mol. The van der Waals surface area contributed by atoms with E-state index in [0.29, 0.717) is 0 Å². The van der Waals surface area contributed by atoms with Crippen LogP contribution in [-0.4, -0.2) is 0 Å². The summed E-state index contributed by atoms with van der Waals surface area (Å²) in [6.45, 7) is 0. The molecule has 0 aromatic heterocycles. The molecule has 1 aliphatic rings. The van der Waals surface area contributed by atoms with E-state index >= 15 is 0 Å². The SMILES string of the molecule is Clc1ccc2c(c1)Cc1ccc(Cl)cc1-2. The standard InChI is InChI=1S/C13H8Cl2/c14-10-3-4-12-9(6-10)5-8-1-2-11(15)7-13(8)12/h1-4,6-7H,5H2. The maximum Gasteiger partial charge on any atom is 0.0412 e. The van der Waals surface area contributed by atoms with Gasteiger partial charge in [0.25, 0.3) is 0 Å². The smallest absolute Gasteiger partial charge is 0.0412 e. The summed E-state index contributed by atoms with van der Waals surface area (Å²) in [5, 5.41) is 1.59. The van der Waals surface area contributed by atoms with E-state index in [9.17, 15) is 0 Å². The highest BCUT2D eigenvalue weighted by atomic mass is 35.5. The molecule has 0 fully saturated rings. The molecule has 15 heavy (non-hydrogen) atoms. The van der Waals surface area contributed by atoms with Crippen molar-refractivity contribution in [2.24, 2.45) is 0 Å². The highest BCUT2D eigenvalue weighted by molar-refractivity contribution is 6.31. The van der Waals surface area contributed by atoms with Crippen LogP contribution < -0.4 is 0 Å². The van der Waals surface area contributed by atoms with Crippen molar-refractivity contribution >= 4 is 23.2 Å². The minimum Gasteiger partial charge on any atom is -0.0843 e. The summed E-state index contributed by atoms with van der Waals surface area (Å²) in [7, 11) is 0. The normalized spacial score (nSPS) is 12.4. The Hall–Kier alpha value is -0.980. The molecule has 0 bridgehead atoms. The minimum atomic E-state index is 0.788. The van der Waals surface area contributed by atoms with Crippen molar-refractivity contribution in [1.29, 1.82) is 0 Å². The third-order valence-electron chi connectivity index (χ3n) is 2.81. The Morgan fingerprint density at radius 1 is 0.733 bits per heavy atom. The first-order valence-electron chi connectivity index (χ1n) is 4.81. The van der Waals surface area contributed by atoms with Crippen LogP contribution in [0.25, 0.3) is 11.1 Å². The van der Waals surface area contributed by atoms with E-state index in [2.05, 4.69) is 12.1 Å². The molecule has 0 amide bonds. The fourth-order valence-electron chi connectivity index (χ4n) is 2.13. The summed E-state index contributed by atoms with van der Waals surface area (Å²) in [4.78, 5) is 0. The Bertz CT molecular complexity index is 544. The highest BCUT2D eigenvalue weighted by Crippen LogP contribution is 2.38. The van der Waals surface area contributed by atoms with Gasteiger partial charge in [0.05, 0.1) is 0 Å². The molecule has 0 aliphatic heterocycles. The van der Waals surface area contributed by atoms with Crippen LogP contribution >= 0.6 is 23.2 Å². The van der Waals surface area contributed by atoms with Crippen molar-refractivity contribution in [3.05, 3.63) is 57.6 Å². The first-order chi connectivity index (χ1) is 7.24. The monoisotopic (exact) mass is 234 g/mol. The molecule has 0 saturated carbocycles. The second kappa shape index (κ2) is 3.26. The van der Waals surface area contributed by atoms with Crippen LogP contribution in [0.2, 0.25) is 10.0 Å². The van der Waals surface area contributed by atoms with E-state index < -0.39 is 0 Å². The fraction of sp³-hybridized carbons (Fsp3) is 0.0769. The highest BCUT2D eigenvalue weighted by Gasteiger charge is 2.18. The number of benzene rings is 2. The quantitative estimate of drug-likeness (QED) is 0.535. The molecule has 2 heteroatoms. The van der Waals surface area contributed by atoms with Gasteiger partial charge in [-0.25, -0.2) is 0 Å². The van der Waals surface area contributed by atoms with Crippen molar-refractivity contribution in [2.45, 2.75) is 6.42 Å². The molecule has 0 unspecified atom stereocenters. The molecule has 0 heterocycles. The number of hydrogen-bond donors (Lipinski definition) is 0. The van der Waals surface area contributed by atoms with E-state index in [-0.39, 0.29) is 0 Å². The van der Waals surface area contributed by atoms with E-state index in [1.165, 1.54) is 22.3 Å². The largest absolute Gasteiger partial charge is 0.0843 e. The zero-order valence-electron chi connectivity index (χ0n) is 7.93. The first kappa shape index (κ1) is 9.26. The number of hydrogen-bond acceptors (Lipinski definition) is 0. The second-order valence-corrected chi connectivity index (χ2v) is 4.65. The molecule has 74 valence electrons. The van der Waals surface area contributed by atoms with Gasteiger partial charge in [0, 0.05) is 10.0 Å². The molecule has 0 saturated heterocycles. The van der Waals surface area contributed by atoms with Crippen molar-refractivity contribution < 1.29 is 0 Å². The van der Waals surface area contributed by atoms with Gasteiger partial charge in [0.2, 0.25) is 0 Å². The lowest BCUT2D eigenvalue weighted by atomic mass is 10.1. The molecule has 2 aromatic carbocycles. The van der Waals surface area contributed by atoms with Gasteiger partial charge in [-0.05, 0) is 52.9 Å². The lowest BCUT2D eigenvalue weighted by Gasteiger charge is -2.01. The third kappa shape index (κ3) is 1.45.